The average molecular weight is 548 g/mol. The van der Waals surface area contributed by atoms with Crippen LogP contribution in [-0.4, -0.2) is 46.1 Å². The second-order valence-electron chi connectivity index (χ2n) is 11.4. The normalized spacial score (nSPS) is 13.0. The van der Waals surface area contributed by atoms with Crippen LogP contribution in [-0.2, 0) is 14.3 Å². The lowest BCUT2D eigenvalue weighted by molar-refractivity contribution is -0.141. The van der Waals surface area contributed by atoms with Gasteiger partial charge in [-0.3, -0.25) is 9.59 Å². The van der Waals surface area contributed by atoms with Gasteiger partial charge in [0.25, 0.3) is 5.91 Å². The predicted octanol–water partition coefficient (Wildman–Crippen LogP) is 6.40. The molecule has 8 heteroatoms. The van der Waals surface area contributed by atoms with Crippen molar-refractivity contribution >= 4 is 34.4 Å². The molecule has 0 aliphatic rings. The molecule has 0 spiro atoms. The number of anilines is 1. The Labute approximate surface area is 236 Å². The molecule has 2 atom stereocenters. The van der Waals surface area contributed by atoms with E-state index < -0.39 is 35.6 Å². The lowest BCUT2D eigenvalue weighted by atomic mass is 9.98. The van der Waals surface area contributed by atoms with Crippen molar-refractivity contribution in [3.05, 3.63) is 72.3 Å². The molecule has 214 valence electrons. The maximum atomic E-state index is 14.1. The first kappa shape index (κ1) is 30.5. The molecule has 3 amide bonds. The number of fused-ring (bicyclic) bond motifs is 1. The van der Waals surface area contributed by atoms with Crippen molar-refractivity contribution in [3.63, 3.8) is 0 Å². The average Bonchev–Trinajstić information content (AvgIpc) is 2.86. The Balaban J connectivity index is 2.00. The number of benzene rings is 3. The Kier molecular flexibility index (Phi) is 10.2. The van der Waals surface area contributed by atoms with E-state index in [4.69, 9.17) is 4.74 Å². The van der Waals surface area contributed by atoms with Crippen LogP contribution in [0.25, 0.3) is 10.8 Å². The number of aromatic hydroxyl groups is 1. The number of carbonyl (C=O) groups excluding carboxylic acids is 3. The van der Waals surface area contributed by atoms with E-state index in [0.29, 0.717) is 24.1 Å². The Hall–Kier alpha value is -4.07. The smallest absolute Gasteiger partial charge is 0.408 e. The lowest BCUT2D eigenvalue weighted by Gasteiger charge is -2.35. The molecule has 0 saturated carbocycles. The topological polar surface area (TPSA) is 108 Å². The molecule has 0 bridgehead atoms. The van der Waals surface area contributed by atoms with Gasteiger partial charge in [-0.05, 0) is 80.1 Å². The largest absolute Gasteiger partial charge is 0.508 e. The van der Waals surface area contributed by atoms with E-state index >= 15 is 0 Å². The van der Waals surface area contributed by atoms with E-state index in [9.17, 15) is 19.5 Å². The number of nitrogens with one attached hydrogen (secondary N) is 2. The van der Waals surface area contributed by atoms with Gasteiger partial charge in [-0.25, -0.2) is 4.79 Å². The number of hydrogen-bond donors (Lipinski definition) is 3. The highest BCUT2D eigenvalue weighted by molar-refractivity contribution is 6.00. The van der Waals surface area contributed by atoms with Crippen LogP contribution in [0.5, 0.6) is 5.75 Å². The predicted molar refractivity (Wildman–Crippen MR) is 158 cm³/mol. The second kappa shape index (κ2) is 13.3. The van der Waals surface area contributed by atoms with Crippen LogP contribution >= 0.6 is 0 Å². The first-order chi connectivity index (χ1) is 18.9. The Morgan fingerprint density at radius 2 is 1.65 bits per heavy atom. The molecule has 8 nitrogen and oxygen atoms in total. The summed E-state index contributed by atoms with van der Waals surface area (Å²) in [7, 11) is 0. The van der Waals surface area contributed by atoms with Crippen molar-refractivity contribution < 1.29 is 24.2 Å². The van der Waals surface area contributed by atoms with E-state index in [1.165, 1.54) is 17.0 Å². The van der Waals surface area contributed by atoms with Gasteiger partial charge in [0.05, 0.1) is 0 Å². The molecule has 0 saturated heterocycles. The molecule has 0 aliphatic carbocycles. The first-order valence-corrected chi connectivity index (χ1v) is 13.8. The van der Waals surface area contributed by atoms with Crippen molar-refractivity contribution in [2.24, 2.45) is 5.92 Å². The maximum Gasteiger partial charge on any atom is 0.408 e. The summed E-state index contributed by atoms with van der Waals surface area (Å²) in [5.41, 5.74) is 0.312. The van der Waals surface area contributed by atoms with Crippen molar-refractivity contribution in [1.82, 2.24) is 10.2 Å². The fourth-order valence-electron chi connectivity index (χ4n) is 4.60. The van der Waals surface area contributed by atoms with Crippen LogP contribution < -0.4 is 10.6 Å². The minimum absolute atomic E-state index is 0.0180. The molecular weight excluding hydrogens is 506 g/mol. The molecule has 2 unspecified atom stereocenters. The third-order valence-electron chi connectivity index (χ3n) is 6.21. The quantitative estimate of drug-likeness (QED) is 0.272. The van der Waals surface area contributed by atoms with E-state index in [1.807, 2.05) is 63.2 Å². The number of nitrogens with zero attached hydrogens (tertiary/aromatic N) is 1. The number of hydrogen-bond acceptors (Lipinski definition) is 5. The number of ether oxygens (including phenoxy) is 1. The highest BCUT2D eigenvalue weighted by atomic mass is 16.6. The summed E-state index contributed by atoms with van der Waals surface area (Å²) in [6.07, 6.45) is 0.236. The highest BCUT2D eigenvalue weighted by Gasteiger charge is 2.36. The minimum Gasteiger partial charge on any atom is -0.508 e. The zero-order valence-corrected chi connectivity index (χ0v) is 24.2. The summed E-state index contributed by atoms with van der Waals surface area (Å²) in [6.45, 7) is 11.4. The number of rotatable bonds is 10. The number of amides is 3. The van der Waals surface area contributed by atoms with E-state index in [1.54, 1.807) is 32.9 Å². The van der Waals surface area contributed by atoms with Crippen LogP contribution in [0, 0.1) is 5.92 Å². The SMILES string of the molecule is CCCN(C(=O)C(CC(C)C)NC(=O)OC(C)(C)C)C(C(=O)Nc1ccc2ccccc2c1)c1cccc(O)c1. The van der Waals surface area contributed by atoms with Gasteiger partial charge in [0, 0.05) is 12.2 Å². The molecule has 0 heterocycles. The summed E-state index contributed by atoms with van der Waals surface area (Å²) in [5, 5.41) is 18.0. The zero-order chi connectivity index (χ0) is 29.4. The molecule has 40 heavy (non-hydrogen) atoms. The van der Waals surface area contributed by atoms with Crippen LogP contribution in [0.3, 0.4) is 0 Å². The molecule has 0 fully saturated rings. The molecule has 0 aromatic heterocycles. The van der Waals surface area contributed by atoms with Gasteiger partial charge in [0.2, 0.25) is 5.91 Å². The highest BCUT2D eigenvalue weighted by Crippen LogP contribution is 2.28. The van der Waals surface area contributed by atoms with Gasteiger partial charge in [0.1, 0.15) is 23.4 Å². The minimum atomic E-state index is -1.05. The third-order valence-corrected chi connectivity index (χ3v) is 6.21. The van der Waals surface area contributed by atoms with Crippen LogP contribution in [0.4, 0.5) is 10.5 Å². The van der Waals surface area contributed by atoms with E-state index in [2.05, 4.69) is 10.6 Å². The fraction of sp³-hybridized carbons (Fsp3) is 0.406. The van der Waals surface area contributed by atoms with Gasteiger partial charge >= 0.3 is 6.09 Å². The van der Waals surface area contributed by atoms with Gasteiger partial charge in [-0.2, -0.15) is 0 Å². The monoisotopic (exact) mass is 547 g/mol. The Morgan fingerprint density at radius 1 is 0.950 bits per heavy atom. The number of carbonyl (C=O) groups is 3. The van der Waals surface area contributed by atoms with Crippen molar-refractivity contribution in [1.29, 1.82) is 0 Å². The van der Waals surface area contributed by atoms with Gasteiger partial charge < -0.3 is 25.4 Å². The lowest BCUT2D eigenvalue weighted by Crippen LogP contribution is -2.53. The first-order valence-electron chi connectivity index (χ1n) is 13.8. The molecule has 3 rings (SSSR count). The van der Waals surface area contributed by atoms with E-state index in [-0.39, 0.29) is 18.2 Å². The molecule has 0 aliphatic heterocycles. The number of alkyl carbamates (subject to hydrolysis) is 1. The second-order valence-corrected chi connectivity index (χ2v) is 11.4. The fourth-order valence-corrected chi connectivity index (χ4v) is 4.60. The standard InChI is InChI=1S/C32H41N3O5/c1-7-17-35(30(38)27(18-21(2)3)34-31(39)40-32(4,5)6)28(24-13-10-14-26(36)20-24)29(37)33-25-16-15-22-11-8-9-12-23(22)19-25/h8-16,19-21,27-28,36H,7,17-18H2,1-6H3,(H,33,37)(H,34,39). The molecule has 0 radical (unpaired) electrons. The van der Waals surface area contributed by atoms with Crippen LogP contribution in [0.15, 0.2) is 66.7 Å². The molecule has 3 aromatic rings. The van der Waals surface area contributed by atoms with Crippen molar-refractivity contribution in [2.45, 2.75) is 72.1 Å². The zero-order valence-electron chi connectivity index (χ0n) is 24.2. The van der Waals surface area contributed by atoms with Gasteiger partial charge in [0.15, 0.2) is 0 Å². The number of phenolic OH excluding ortho intramolecular Hbond substituents is 1. The maximum absolute atomic E-state index is 14.1. The van der Waals surface area contributed by atoms with Crippen molar-refractivity contribution in [2.75, 3.05) is 11.9 Å². The van der Waals surface area contributed by atoms with Crippen LogP contribution in [0.2, 0.25) is 0 Å². The Morgan fingerprint density at radius 3 is 2.27 bits per heavy atom. The van der Waals surface area contributed by atoms with Crippen molar-refractivity contribution in [3.8, 4) is 5.75 Å². The Bertz CT molecular complexity index is 1330. The summed E-state index contributed by atoms with van der Waals surface area (Å²) in [4.78, 5) is 42.2. The van der Waals surface area contributed by atoms with Gasteiger partial charge in [-0.15, -0.1) is 0 Å². The molecular formula is C32H41N3O5. The van der Waals surface area contributed by atoms with E-state index in [0.717, 1.165) is 10.8 Å². The summed E-state index contributed by atoms with van der Waals surface area (Å²) >= 11 is 0. The summed E-state index contributed by atoms with van der Waals surface area (Å²) in [6, 6.07) is 17.8. The van der Waals surface area contributed by atoms with Crippen LogP contribution in [0.1, 0.15) is 66.0 Å². The summed E-state index contributed by atoms with van der Waals surface area (Å²) < 4.78 is 5.43. The molecule has 3 N–H and O–H groups in total. The number of phenols is 1. The molecule has 3 aromatic carbocycles. The summed E-state index contributed by atoms with van der Waals surface area (Å²) in [5.74, 6) is -0.764. The van der Waals surface area contributed by atoms with Gasteiger partial charge in [-0.1, -0.05) is 63.2 Å². The third kappa shape index (κ3) is 8.46.